The smallest absolute Gasteiger partial charge is 0.275 e. The topological polar surface area (TPSA) is 110 Å². The van der Waals surface area contributed by atoms with Crippen molar-refractivity contribution in [3.63, 3.8) is 0 Å². The lowest BCUT2D eigenvalue weighted by Gasteiger charge is -2.02. The van der Waals surface area contributed by atoms with Gasteiger partial charge in [-0.1, -0.05) is 6.07 Å². The van der Waals surface area contributed by atoms with Gasteiger partial charge in [0.15, 0.2) is 0 Å². The number of benzene rings is 1. The number of imidazole rings is 1. The third-order valence-electron chi connectivity index (χ3n) is 3.69. The number of nitrogens with zero attached hydrogens (tertiary/aromatic N) is 3. The van der Waals surface area contributed by atoms with E-state index in [-0.39, 0.29) is 11.6 Å². The number of nitrogen functional groups attached to an aromatic ring is 1. The molecule has 0 bridgehead atoms. The highest BCUT2D eigenvalue weighted by Crippen LogP contribution is 2.21. The molecule has 4 N–H and O–H groups in total. The lowest BCUT2D eigenvalue weighted by Crippen LogP contribution is -2.14. The number of fused-ring (bicyclic) bond motifs is 1. The van der Waals surface area contributed by atoms with Crippen LogP contribution < -0.4 is 11.1 Å². The zero-order valence-electron chi connectivity index (χ0n) is 13.1. The molecular weight excluding hydrogens is 316 g/mol. The number of carbonyl (C=O) groups is 1. The molecule has 0 saturated heterocycles. The van der Waals surface area contributed by atoms with Crippen molar-refractivity contribution in [1.29, 1.82) is 0 Å². The van der Waals surface area contributed by atoms with Gasteiger partial charge in [-0.2, -0.15) is 0 Å². The van der Waals surface area contributed by atoms with Crippen molar-refractivity contribution in [2.75, 3.05) is 11.1 Å². The van der Waals surface area contributed by atoms with E-state index in [2.05, 4.69) is 25.3 Å². The van der Waals surface area contributed by atoms with Crippen molar-refractivity contribution in [3.05, 3.63) is 66.6 Å². The van der Waals surface area contributed by atoms with E-state index in [1.807, 2.05) is 24.3 Å². The highest BCUT2D eigenvalue weighted by atomic mass is 16.1. The Morgan fingerprint density at radius 2 is 1.92 bits per heavy atom. The van der Waals surface area contributed by atoms with Gasteiger partial charge in [-0.25, -0.2) is 15.0 Å². The molecule has 3 aromatic heterocycles. The van der Waals surface area contributed by atoms with Gasteiger partial charge in [0.05, 0.1) is 17.2 Å². The molecule has 0 saturated carbocycles. The molecule has 25 heavy (non-hydrogen) atoms. The van der Waals surface area contributed by atoms with Gasteiger partial charge in [0.1, 0.15) is 17.3 Å². The van der Waals surface area contributed by atoms with Gasteiger partial charge in [0.25, 0.3) is 5.91 Å². The van der Waals surface area contributed by atoms with Crippen molar-refractivity contribution in [3.8, 4) is 11.4 Å². The zero-order valence-corrected chi connectivity index (χ0v) is 13.1. The monoisotopic (exact) mass is 330 g/mol. The van der Waals surface area contributed by atoms with Gasteiger partial charge in [-0.05, 0) is 42.5 Å². The Hall–Kier alpha value is -3.74. The Balaban J connectivity index is 1.64. The van der Waals surface area contributed by atoms with Gasteiger partial charge in [-0.15, -0.1) is 0 Å². The number of anilines is 2. The summed E-state index contributed by atoms with van der Waals surface area (Å²) >= 11 is 0. The van der Waals surface area contributed by atoms with Gasteiger partial charge in [0, 0.05) is 17.4 Å². The lowest BCUT2D eigenvalue weighted by atomic mass is 10.2. The Morgan fingerprint density at radius 3 is 2.68 bits per heavy atom. The standard InChI is InChI=1S/C18H14N6O/c19-12-6-4-11(5-7-12)17-22-13-9-14(21-10-15(13)23-17)18(25)24-16-3-1-2-8-20-16/h1-10H,19H2,(H,22,23)(H,20,24,25). The number of aromatic nitrogens is 4. The fourth-order valence-corrected chi connectivity index (χ4v) is 2.43. The first-order valence-electron chi connectivity index (χ1n) is 7.63. The van der Waals surface area contributed by atoms with E-state index in [0.717, 1.165) is 11.1 Å². The molecule has 0 fully saturated rings. The van der Waals surface area contributed by atoms with Crippen LogP contribution in [0, 0.1) is 0 Å². The minimum Gasteiger partial charge on any atom is -0.399 e. The predicted molar refractivity (Wildman–Crippen MR) is 95.9 cm³/mol. The van der Waals surface area contributed by atoms with Crippen LogP contribution in [-0.2, 0) is 0 Å². The summed E-state index contributed by atoms with van der Waals surface area (Å²) in [5, 5.41) is 2.70. The molecular formula is C18H14N6O. The maximum Gasteiger partial charge on any atom is 0.275 e. The molecule has 4 aromatic rings. The molecule has 0 aliphatic heterocycles. The average molecular weight is 330 g/mol. The molecule has 0 unspecified atom stereocenters. The molecule has 0 atom stereocenters. The van der Waals surface area contributed by atoms with E-state index < -0.39 is 0 Å². The van der Waals surface area contributed by atoms with Crippen LogP contribution in [0.4, 0.5) is 11.5 Å². The van der Waals surface area contributed by atoms with Crippen molar-refractivity contribution in [2.24, 2.45) is 0 Å². The van der Waals surface area contributed by atoms with Crippen molar-refractivity contribution in [2.45, 2.75) is 0 Å². The maximum absolute atomic E-state index is 12.3. The first-order valence-corrected chi connectivity index (χ1v) is 7.63. The average Bonchev–Trinajstić information content (AvgIpc) is 3.06. The van der Waals surface area contributed by atoms with E-state index in [9.17, 15) is 4.79 Å². The van der Waals surface area contributed by atoms with Crippen molar-refractivity contribution in [1.82, 2.24) is 19.9 Å². The minimum atomic E-state index is -0.336. The van der Waals surface area contributed by atoms with E-state index in [0.29, 0.717) is 22.8 Å². The van der Waals surface area contributed by atoms with Crippen LogP contribution in [-0.4, -0.2) is 25.8 Å². The minimum absolute atomic E-state index is 0.272. The van der Waals surface area contributed by atoms with Crippen LogP contribution in [0.15, 0.2) is 60.9 Å². The number of rotatable bonds is 3. The Labute approximate surface area is 143 Å². The summed E-state index contributed by atoms with van der Waals surface area (Å²) in [4.78, 5) is 28.3. The molecule has 7 nitrogen and oxygen atoms in total. The summed E-state index contributed by atoms with van der Waals surface area (Å²) in [6.07, 6.45) is 3.20. The van der Waals surface area contributed by atoms with Crippen LogP contribution >= 0.6 is 0 Å². The first-order chi connectivity index (χ1) is 12.2. The second kappa shape index (κ2) is 6.04. The van der Waals surface area contributed by atoms with Crippen LogP contribution in [0.2, 0.25) is 0 Å². The van der Waals surface area contributed by atoms with Crippen LogP contribution in [0.25, 0.3) is 22.4 Å². The zero-order chi connectivity index (χ0) is 17.2. The fraction of sp³-hybridized carbons (Fsp3) is 0. The molecule has 1 aromatic carbocycles. The molecule has 1 amide bonds. The quantitative estimate of drug-likeness (QED) is 0.500. The summed E-state index contributed by atoms with van der Waals surface area (Å²) in [5.74, 6) is 0.829. The van der Waals surface area contributed by atoms with E-state index in [4.69, 9.17) is 5.73 Å². The van der Waals surface area contributed by atoms with Crippen LogP contribution in [0.1, 0.15) is 10.5 Å². The maximum atomic E-state index is 12.3. The lowest BCUT2D eigenvalue weighted by molar-refractivity contribution is 0.102. The number of H-pyrrole nitrogens is 1. The number of pyridine rings is 2. The highest BCUT2D eigenvalue weighted by Gasteiger charge is 2.12. The third-order valence-corrected chi connectivity index (χ3v) is 3.69. The van der Waals surface area contributed by atoms with E-state index in [1.54, 1.807) is 36.7 Å². The van der Waals surface area contributed by atoms with Crippen LogP contribution in [0.5, 0.6) is 0 Å². The summed E-state index contributed by atoms with van der Waals surface area (Å²) in [6, 6.07) is 14.3. The van der Waals surface area contributed by atoms with Crippen molar-refractivity contribution < 1.29 is 4.79 Å². The summed E-state index contributed by atoms with van der Waals surface area (Å²) in [6.45, 7) is 0. The second-order valence-electron chi connectivity index (χ2n) is 5.46. The largest absolute Gasteiger partial charge is 0.399 e. The van der Waals surface area contributed by atoms with Gasteiger partial charge in [0.2, 0.25) is 0 Å². The van der Waals surface area contributed by atoms with Crippen molar-refractivity contribution >= 4 is 28.4 Å². The summed E-state index contributed by atoms with van der Waals surface area (Å²) < 4.78 is 0. The molecule has 0 aliphatic rings. The Kier molecular flexibility index (Phi) is 3.59. The highest BCUT2D eigenvalue weighted by molar-refractivity contribution is 6.03. The number of hydrogen-bond donors (Lipinski definition) is 3. The molecule has 3 heterocycles. The van der Waals surface area contributed by atoms with E-state index in [1.165, 1.54) is 0 Å². The molecule has 4 rings (SSSR count). The molecule has 7 heteroatoms. The predicted octanol–water partition coefficient (Wildman–Crippen LogP) is 2.85. The number of nitrogens with two attached hydrogens (primary N) is 1. The number of aromatic amines is 1. The van der Waals surface area contributed by atoms with Crippen LogP contribution in [0.3, 0.4) is 0 Å². The Bertz CT molecular complexity index is 1040. The summed E-state index contributed by atoms with van der Waals surface area (Å²) in [5.41, 5.74) is 8.99. The number of nitrogens with one attached hydrogen (secondary N) is 2. The van der Waals surface area contributed by atoms with E-state index >= 15 is 0 Å². The third kappa shape index (κ3) is 3.02. The van der Waals surface area contributed by atoms with Gasteiger partial charge < -0.3 is 16.0 Å². The SMILES string of the molecule is Nc1ccc(-c2nc3cc(C(=O)Nc4ccccn4)ncc3[nH]2)cc1. The number of carbonyl (C=O) groups excluding carboxylic acids is 1. The Morgan fingerprint density at radius 1 is 1.08 bits per heavy atom. The molecule has 0 radical (unpaired) electrons. The number of hydrogen-bond acceptors (Lipinski definition) is 5. The second-order valence-corrected chi connectivity index (χ2v) is 5.46. The molecule has 0 spiro atoms. The number of amides is 1. The van der Waals surface area contributed by atoms with Gasteiger partial charge in [-0.3, -0.25) is 4.79 Å². The summed E-state index contributed by atoms with van der Waals surface area (Å²) in [7, 11) is 0. The molecule has 0 aliphatic carbocycles. The first kappa shape index (κ1) is 14.8. The molecule has 122 valence electrons. The van der Waals surface area contributed by atoms with Gasteiger partial charge >= 0.3 is 0 Å². The normalized spacial score (nSPS) is 10.7. The fourth-order valence-electron chi connectivity index (χ4n) is 2.43.